The fraction of sp³-hybridized carbons (Fsp3) is 0.211. The van der Waals surface area contributed by atoms with E-state index in [4.69, 9.17) is 18.9 Å². The first kappa shape index (κ1) is 17.7. The molecule has 1 N–H and O–H groups in total. The van der Waals surface area contributed by atoms with Crippen molar-refractivity contribution in [1.82, 2.24) is 15.0 Å². The van der Waals surface area contributed by atoms with Gasteiger partial charge in [-0.3, -0.25) is 0 Å². The lowest BCUT2D eigenvalue weighted by molar-refractivity contribution is -0.139. The van der Waals surface area contributed by atoms with Crippen LogP contribution in [-0.4, -0.2) is 46.1 Å². The summed E-state index contributed by atoms with van der Waals surface area (Å²) >= 11 is 0. The predicted molar refractivity (Wildman–Crippen MR) is 97.9 cm³/mol. The number of carbonyl (C=O) groups is 1. The second-order valence-electron chi connectivity index (χ2n) is 6.10. The number of ether oxygens (including phenoxy) is 4. The third-order valence-electron chi connectivity index (χ3n) is 3.97. The second-order valence-corrected chi connectivity index (χ2v) is 6.10. The largest absolute Gasteiger partial charge is 0.505 e. The molecular formula is C19H17N3O6. The van der Waals surface area contributed by atoms with Gasteiger partial charge in [-0.1, -0.05) is 6.58 Å². The van der Waals surface area contributed by atoms with E-state index in [1.165, 1.54) is 10.9 Å². The molecule has 1 aromatic heterocycles. The highest BCUT2D eigenvalue weighted by Crippen LogP contribution is 2.39. The maximum absolute atomic E-state index is 11.3. The van der Waals surface area contributed by atoms with Gasteiger partial charge in [0.05, 0.1) is 0 Å². The van der Waals surface area contributed by atoms with Crippen LogP contribution in [0.5, 0.6) is 23.0 Å². The number of hydrogen-bond acceptors (Lipinski definition) is 8. The van der Waals surface area contributed by atoms with E-state index >= 15 is 0 Å². The van der Waals surface area contributed by atoms with Gasteiger partial charge in [-0.05, 0) is 19.1 Å². The molecule has 2 aromatic carbocycles. The van der Waals surface area contributed by atoms with Crippen LogP contribution in [0.3, 0.4) is 0 Å². The zero-order valence-corrected chi connectivity index (χ0v) is 15.0. The zero-order valence-electron chi connectivity index (χ0n) is 15.0. The minimum Gasteiger partial charge on any atom is -0.505 e. The molecule has 9 heteroatoms. The SMILES string of the molecule is C=C(C)C(=O)OCCOc1ccc2nn(-c3cc4c(cc3O)OCO4)nc2c1. The van der Waals surface area contributed by atoms with E-state index in [1.807, 2.05) is 0 Å². The van der Waals surface area contributed by atoms with Crippen LogP contribution in [0.2, 0.25) is 0 Å². The number of hydrogen-bond donors (Lipinski definition) is 1. The molecule has 28 heavy (non-hydrogen) atoms. The molecule has 9 nitrogen and oxygen atoms in total. The van der Waals surface area contributed by atoms with E-state index in [-0.39, 0.29) is 25.8 Å². The zero-order chi connectivity index (χ0) is 19.7. The molecule has 0 unspecified atom stereocenters. The fourth-order valence-corrected chi connectivity index (χ4v) is 2.59. The number of esters is 1. The number of rotatable bonds is 6. The Labute approximate surface area is 159 Å². The summed E-state index contributed by atoms with van der Waals surface area (Å²) in [7, 11) is 0. The molecule has 3 aromatic rings. The minimum atomic E-state index is -0.453. The predicted octanol–water partition coefficient (Wildman–Crippen LogP) is 2.35. The molecular weight excluding hydrogens is 366 g/mol. The Morgan fingerprint density at radius 2 is 1.93 bits per heavy atom. The average molecular weight is 383 g/mol. The highest BCUT2D eigenvalue weighted by atomic mass is 16.7. The molecule has 4 rings (SSSR count). The van der Waals surface area contributed by atoms with Gasteiger partial charge in [-0.25, -0.2) is 4.79 Å². The van der Waals surface area contributed by atoms with E-state index in [0.29, 0.717) is 39.5 Å². The molecule has 144 valence electrons. The third-order valence-corrected chi connectivity index (χ3v) is 3.97. The van der Waals surface area contributed by atoms with Crippen LogP contribution < -0.4 is 14.2 Å². The lowest BCUT2D eigenvalue weighted by Gasteiger charge is -2.06. The molecule has 0 amide bonds. The van der Waals surface area contributed by atoms with E-state index in [9.17, 15) is 9.90 Å². The summed E-state index contributed by atoms with van der Waals surface area (Å²) in [6.45, 7) is 5.51. The summed E-state index contributed by atoms with van der Waals surface area (Å²) in [4.78, 5) is 12.6. The highest BCUT2D eigenvalue weighted by Gasteiger charge is 2.19. The van der Waals surface area contributed by atoms with Crippen molar-refractivity contribution < 1.29 is 28.8 Å². The number of aromatic hydroxyl groups is 1. The number of carbonyl (C=O) groups excluding carboxylic acids is 1. The molecule has 0 saturated heterocycles. The summed E-state index contributed by atoms with van der Waals surface area (Å²) in [5.74, 6) is 1.07. The Morgan fingerprint density at radius 3 is 2.71 bits per heavy atom. The summed E-state index contributed by atoms with van der Waals surface area (Å²) in [6, 6.07) is 8.28. The Kier molecular flexibility index (Phi) is 4.48. The van der Waals surface area contributed by atoms with Gasteiger partial charge >= 0.3 is 5.97 Å². The normalized spacial score (nSPS) is 12.2. The van der Waals surface area contributed by atoms with Gasteiger partial charge in [-0.2, -0.15) is 0 Å². The van der Waals surface area contributed by atoms with E-state index in [2.05, 4.69) is 16.8 Å². The van der Waals surface area contributed by atoms with Gasteiger partial charge in [0.15, 0.2) is 11.5 Å². The Hall–Kier alpha value is -3.75. The molecule has 0 fully saturated rings. The lowest BCUT2D eigenvalue weighted by Crippen LogP contribution is -2.12. The molecule has 0 aliphatic carbocycles. The average Bonchev–Trinajstić information content (AvgIpc) is 3.29. The van der Waals surface area contributed by atoms with Crippen molar-refractivity contribution in [2.75, 3.05) is 20.0 Å². The quantitative estimate of drug-likeness (QED) is 0.393. The van der Waals surface area contributed by atoms with Crippen LogP contribution in [0.15, 0.2) is 42.5 Å². The topological polar surface area (TPSA) is 105 Å². The Balaban J connectivity index is 1.49. The molecule has 0 spiro atoms. The number of aromatic nitrogens is 3. The Morgan fingerprint density at radius 1 is 1.18 bits per heavy atom. The van der Waals surface area contributed by atoms with Crippen molar-refractivity contribution in [2.24, 2.45) is 0 Å². The first-order valence-electron chi connectivity index (χ1n) is 8.47. The number of benzene rings is 2. The molecule has 0 saturated carbocycles. The lowest BCUT2D eigenvalue weighted by atomic mass is 10.2. The van der Waals surface area contributed by atoms with Crippen LogP contribution in [0, 0.1) is 0 Å². The molecule has 0 bridgehead atoms. The first-order chi connectivity index (χ1) is 13.5. The van der Waals surface area contributed by atoms with E-state index in [0.717, 1.165) is 0 Å². The number of phenolic OH excluding ortho intramolecular Hbond substituents is 1. The van der Waals surface area contributed by atoms with E-state index < -0.39 is 5.97 Å². The van der Waals surface area contributed by atoms with Crippen LogP contribution in [0.4, 0.5) is 0 Å². The first-order valence-corrected chi connectivity index (χ1v) is 8.47. The second kappa shape index (κ2) is 7.10. The number of fused-ring (bicyclic) bond motifs is 2. The van der Waals surface area contributed by atoms with Crippen molar-refractivity contribution in [3.05, 3.63) is 42.5 Å². The molecule has 2 heterocycles. The van der Waals surface area contributed by atoms with Crippen molar-refractivity contribution in [1.29, 1.82) is 0 Å². The fourth-order valence-electron chi connectivity index (χ4n) is 2.59. The van der Waals surface area contributed by atoms with Crippen LogP contribution in [0.25, 0.3) is 16.7 Å². The van der Waals surface area contributed by atoms with Crippen LogP contribution >= 0.6 is 0 Å². The summed E-state index contributed by atoms with van der Waals surface area (Å²) < 4.78 is 21.1. The molecule has 0 radical (unpaired) electrons. The summed E-state index contributed by atoms with van der Waals surface area (Å²) in [5, 5.41) is 19.0. The summed E-state index contributed by atoms with van der Waals surface area (Å²) in [5.41, 5.74) is 1.91. The van der Waals surface area contributed by atoms with Gasteiger partial charge in [-0.15, -0.1) is 15.0 Å². The standard InChI is InChI=1S/C19H17N3O6/c1-11(2)19(24)26-6-5-25-12-3-4-13-14(7-12)21-22(20-13)15-8-17-18(9-16(15)23)28-10-27-17/h3-4,7-9,23H,1,5-6,10H2,2H3. The van der Waals surface area contributed by atoms with Crippen molar-refractivity contribution in [3.63, 3.8) is 0 Å². The minimum absolute atomic E-state index is 0.0274. The van der Waals surface area contributed by atoms with E-state index in [1.54, 1.807) is 31.2 Å². The van der Waals surface area contributed by atoms with Crippen molar-refractivity contribution in [3.8, 4) is 28.7 Å². The maximum atomic E-state index is 11.3. The van der Waals surface area contributed by atoms with Gasteiger partial charge in [0.2, 0.25) is 6.79 Å². The summed E-state index contributed by atoms with van der Waals surface area (Å²) in [6.07, 6.45) is 0. The van der Waals surface area contributed by atoms with Gasteiger partial charge in [0, 0.05) is 23.8 Å². The highest BCUT2D eigenvalue weighted by molar-refractivity contribution is 5.86. The Bertz CT molecular complexity index is 1070. The maximum Gasteiger partial charge on any atom is 0.333 e. The molecule has 1 aliphatic heterocycles. The van der Waals surface area contributed by atoms with Crippen molar-refractivity contribution >= 4 is 17.0 Å². The number of nitrogens with zero attached hydrogens (tertiary/aromatic N) is 3. The third kappa shape index (κ3) is 3.41. The van der Waals surface area contributed by atoms with Crippen molar-refractivity contribution in [2.45, 2.75) is 6.92 Å². The molecule has 1 aliphatic rings. The number of phenols is 1. The van der Waals surface area contributed by atoms with Gasteiger partial charge in [0.25, 0.3) is 0 Å². The van der Waals surface area contributed by atoms with Gasteiger partial charge < -0.3 is 24.1 Å². The van der Waals surface area contributed by atoms with Crippen LogP contribution in [-0.2, 0) is 9.53 Å². The smallest absolute Gasteiger partial charge is 0.333 e. The monoisotopic (exact) mass is 383 g/mol. The molecule has 0 atom stereocenters. The van der Waals surface area contributed by atoms with Gasteiger partial charge in [0.1, 0.15) is 41.4 Å². The van der Waals surface area contributed by atoms with Crippen LogP contribution in [0.1, 0.15) is 6.92 Å².